The maximum Gasteiger partial charge on any atom is 0.0664 e. The summed E-state index contributed by atoms with van der Waals surface area (Å²) in [6, 6.07) is 1.93. The second-order valence-electron chi connectivity index (χ2n) is 4.32. The topological polar surface area (TPSA) is 38.9 Å². The maximum absolute atomic E-state index is 6.22. The number of nitrogens with zero attached hydrogens (tertiary/aromatic N) is 1. The highest BCUT2D eigenvalue weighted by Gasteiger charge is 2.45. The molecule has 1 fully saturated rings. The van der Waals surface area contributed by atoms with E-state index in [1.165, 1.54) is 0 Å². The number of aromatic nitrogens is 1. The minimum atomic E-state index is 0.0602. The lowest BCUT2D eigenvalue weighted by Gasteiger charge is -2.14. The first-order valence-electron chi connectivity index (χ1n) is 5.11. The molecule has 0 radical (unpaired) electrons. The van der Waals surface area contributed by atoms with E-state index in [1.807, 2.05) is 19.2 Å². The molecule has 80 valence electrons. The summed E-state index contributed by atoms with van der Waals surface area (Å²) in [5.74, 6) is 0. The number of nitrogens with two attached hydrogens (primary N) is 1. The summed E-state index contributed by atoms with van der Waals surface area (Å²) in [5, 5.41) is 0.721. The van der Waals surface area contributed by atoms with Gasteiger partial charge in [-0.05, 0) is 37.0 Å². The lowest BCUT2D eigenvalue weighted by molar-refractivity contribution is 0.678. The van der Waals surface area contributed by atoms with Gasteiger partial charge in [-0.3, -0.25) is 4.98 Å². The van der Waals surface area contributed by atoms with E-state index in [0.29, 0.717) is 6.54 Å². The Morgan fingerprint density at radius 3 is 2.73 bits per heavy atom. The van der Waals surface area contributed by atoms with Crippen LogP contribution >= 0.6 is 11.6 Å². The van der Waals surface area contributed by atoms with Crippen LogP contribution in [-0.4, -0.2) is 11.5 Å². The standard InChI is InChI=1S/C12H15ClN2/c1-8(2)9-5-10(13)11(15-6-9)12(7-14)3-4-12/h5-6H,1,3-4,7,14H2,2H3. The lowest BCUT2D eigenvalue weighted by Crippen LogP contribution is -2.21. The summed E-state index contributed by atoms with van der Waals surface area (Å²) in [7, 11) is 0. The van der Waals surface area contributed by atoms with Gasteiger partial charge in [-0.2, -0.15) is 0 Å². The van der Waals surface area contributed by atoms with Crippen molar-refractivity contribution in [1.82, 2.24) is 4.98 Å². The van der Waals surface area contributed by atoms with E-state index in [4.69, 9.17) is 17.3 Å². The number of allylic oxidation sites excluding steroid dienone is 1. The molecule has 0 bridgehead atoms. The maximum atomic E-state index is 6.22. The fourth-order valence-electron chi connectivity index (χ4n) is 1.75. The molecule has 15 heavy (non-hydrogen) atoms. The molecule has 1 heterocycles. The molecule has 1 aromatic rings. The molecule has 0 atom stereocenters. The third-order valence-corrected chi connectivity index (χ3v) is 3.37. The molecule has 0 unspecified atom stereocenters. The second kappa shape index (κ2) is 3.62. The smallest absolute Gasteiger partial charge is 0.0664 e. The SMILES string of the molecule is C=C(C)c1cnc(C2(CN)CC2)c(Cl)c1. The highest BCUT2D eigenvalue weighted by Crippen LogP contribution is 2.48. The minimum absolute atomic E-state index is 0.0602. The van der Waals surface area contributed by atoms with Gasteiger partial charge in [-0.1, -0.05) is 18.2 Å². The first-order chi connectivity index (χ1) is 7.09. The van der Waals surface area contributed by atoms with E-state index in [-0.39, 0.29) is 5.41 Å². The molecule has 0 amide bonds. The van der Waals surface area contributed by atoms with Gasteiger partial charge in [-0.25, -0.2) is 0 Å². The van der Waals surface area contributed by atoms with E-state index in [9.17, 15) is 0 Å². The van der Waals surface area contributed by atoms with Crippen molar-refractivity contribution in [3.05, 3.63) is 35.1 Å². The van der Waals surface area contributed by atoms with Crippen LogP contribution in [0.25, 0.3) is 5.57 Å². The molecule has 1 saturated carbocycles. The zero-order valence-corrected chi connectivity index (χ0v) is 9.64. The number of halogens is 1. The summed E-state index contributed by atoms with van der Waals surface area (Å²) in [5.41, 5.74) is 8.74. The highest BCUT2D eigenvalue weighted by molar-refractivity contribution is 6.31. The quantitative estimate of drug-likeness (QED) is 0.854. The Morgan fingerprint density at radius 2 is 2.33 bits per heavy atom. The third-order valence-electron chi connectivity index (χ3n) is 3.08. The normalized spacial score (nSPS) is 17.5. The Labute approximate surface area is 95.2 Å². The molecular formula is C12H15ClN2. The van der Waals surface area contributed by atoms with Crippen LogP contribution in [0.2, 0.25) is 5.02 Å². The average Bonchev–Trinajstić information content (AvgIpc) is 2.98. The molecule has 2 nitrogen and oxygen atoms in total. The summed E-state index contributed by atoms with van der Waals surface area (Å²) < 4.78 is 0. The molecule has 0 aliphatic heterocycles. The Balaban J connectivity index is 2.39. The largest absolute Gasteiger partial charge is 0.330 e. The molecule has 0 saturated heterocycles. The van der Waals surface area contributed by atoms with Crippen molar-refractivity contribution in [3.63, 3.8) is 0 Å². The Hall–Kier alpha value is -0.860. The van der Waals surface area contributed by atoms with Gasteiger partial charge in [0.05, 0.1) is 10.7 Å². The van der Waals surface area contributed by atoms with Gasteiger partial charge in [-0.15, -0.1) is 0 Å². The second-order valence-corrected chi connectivity index (χ2v) is 4.73. The van der Waals surface area contributed by atoms with Crippen LogP contribution in [0.5, 0.6) is 0 Å². The van der Waals surface area contributed by atoms with Crippen LogP contribution in [0.1, 0.15) is 31.0 Å². The Bertz CT molecular complexity index is 408. The zero-order valence-electron chi connectivity index (χ0n) is 8.89. The predicted octanol–water partition coefficient (Wildman–Crippen LogP) is 2.76. The van der Waals surface area contributed by atoms with Crippen LogP contribution in [0.4, 0.5) is 0 Å². The van der Waals surface area contributed by atoms with Crippen molar-refractivity contribution in [2.45, 2.75) is 25.2 Å². The van der Waals surface area contributed by atoms with Crippen LogP contribution in [0.3, 0.4) is 0 Å². The van der Waals surface area contributed by atoms with Crippen LogP contribution in [0, 0.1) is 0 Å². The Morgan fingerprint density at radius 1 is 1.67 bits per heavy atom. The molecular weight excluding hydrogens is 208 g/mol. The van der Waals surface area contributed by atoms with Gasteiger partial charge in [0.1, 0.15) is 0 Å². The molecule has 1 aromatic heterocycles. The minimum Gasteiger partial charge on any atom is -0.330 e. The van der Waals surface area contributed by atoms with E-state index < -0.39 is 0 Å². The van der Waals surface area contributed by atoms with Gasteiger partial charge in [0.25, 0.3) is 0 Å². The molecule has 1 aliphatic carbocycles. The van der Waals surface area contributed by atoms with Crippen LogP contribution in [-0.2, 0) is 5.41 Å². The summed E-state index contributed by atoms with van der Waals surface area (Å²) >= 11 is 6.22. The van der Waals surface area contributed by atoms with Gasteiger partial charge < -0.3 is 5.73 Å². The molecule has 0 aromatic carbocycles. The van der Waals surface area contributed by atoms with Crippen molar-refractivity contribution >= 4 is 17.2 Å². The van der Waals surface area contributed by atoms with Gasteiger partial charge in [0.2, 0.25) is 0 Å². The summed E-state index contributed by atoms with van der Waals surface area (Å²) in [6.45, 7) is 6.45. The molecule has 0 spiro atoms. The summed E-state index contributed by atoms with van der Waals surface area (Å²) in [6.07, 6.45) is 4.03. The van der Waals surface area contributed by atoms with Crippen molar-refractivity contribution in [3.8, 4) is 0 Å². The van der Waals surface area contributed by atoms with E-state index in [1.54, 1.807) is 0 Å². The van der Waals surface area contributed by atoms with Gasteiger partial charge >= 0.3 is 0 Å². The summed E-state index contributed by atoms with van der Waals surface area (Å²) in [4.78, 5) is 4.43. The fourth-order valence-corrected chi connectivity index (χ4v) is 2.12. The van der Waals surface area contributed by atoms with Crippen molar-refractivity contribution < 1.29 is 0 Å². The van der Waals surface area contributed by atoms with Crippen molar-refractivity contribution in [1.29, 1.82) is 0 Å². The van der Waals surface area contributed by atoms with Crippen molar-refractivity contribution in [2.24, 2.45) is 5.73 Å². The van der Waals surface area contributed by atoms with E-state index >= 15 is 0 Å². The molecule has 1 aliphatic rings. The van der Waals surface area contributed by atoms with Crippen LogP contribution < -0.4 is 5.73 Å². The number of hydrogen-bond acceptors (Lipinski definition) is 2. The number of rotatable bonds is 3. The van der Waals surface area contributed by atoms with E-state index in [0.717, 1.165) is 34.7 Å². The third kappa shape index (κ3) is 1.80. The first-order valence-corrected chi connectivity index (χ1v) is 5.49. The number of hydrogen-bond donors (Lipinski definition) is 1. The highest BCUT2D eigenvalue weighted by atomic mass is 35.5. The Kier molecular flexibility index (Phi) is 2.57. The van der Waals surface area contributed by atoms with Gasteiger partial charge in [0, 0.05) is 18.2 Å². The monoisotopic (exact) mass is 222 g/mol. The van der Waals surface area contributed by atoms with E-state index in [2.05, 4.69) is 11.6 Å². The van der Waals surface area contributed by atoms with Crippen molar-refractivity contribution in [2.75, 3.05) is 6.54 Å². The number of pyridine rings is 1. The molecule has 2 N–H and O–H groups in total. The fraction of sp³-hybridized carbons (Fsp3) is 0.417. The lowest BCUT2D eigenvalue weighted by atomic mass is 10.0. The zero-order chi connectivity index (χ0) is 11.1. The van der Waals surface area contributed by atoms with Crippen LogP contribution in [0.15, 0.2) is 18.8 Å². The average molecular weight is 223 g/mol. The molecule has 3 heteroatoms. The molecule has 2 rings (SSSR count). The van der Waals surface area contributed by atoms with Gasteiger partial charge in [0.15, 0.2) is 0 Å². The first kappa shape index (κ1) is 10.7. The predicted molar refractivity (Wildman–Crippen MR) is 63.9 cm³/mol.